The van der Waals surface area contributed by atoms with Crippen LogP contribution >= 0.6 is 0 Å². The lowest BCUT2D eigenvalue weighted by atomic mass is 10.1. The predicted molar refractivity (Wildman–Crippen MR) is 81.0 cm³/mol. The van der Waals surface area contributed by atoms with Crippen molar-refractivity contribution in [1.29, 1.82) is 5.26 Å². The minimum absolute atomic E-state index is 0.374. The summed E-state index contributed by atoms with van der Waals surface area (Å²) in [4.78, 5) is 2.44. The molecule has 0 spiro atoms. The molecule has 0 bridgehead atoms. The summed E-state index contributed by atoms with van der Waals surface area (Å²) in [6.45, 7) is 4.04. The fourth-order valence-corrected chi connectivity index (χ4v) is 3.55. The van der Waals surface area contributed by atoms with E-state index in [1.54, 1.807) is 6.20 Å². The standard InChI is InChI=1S/C16H20N6/c17-8-13-9-18-22(10-13)16-4-6-20(12-16)11-14-7-15-3-1-2-5-21(15)19-14/h7,9-10,16H,1-6,11-12H2. The van der Waals surface area contributed by atoms with E-state index in [4.69, 9.17) is 10.4 Å². The van der Waals surface area contributed by atoms with Gasteiger partial charge in [-0.25, -0.2) is 0 Å². The smallest absolute Gasteiger partial charge is 0.102 e. The molecule has 4 rings (SSSR count). The molecule has 4 heterocycles. The molecule has 0 saturated carbocycles. The van der Waals surface area contributed by atoms with Gasteiger partial charge in [0.2, 0.25) is 0 Å². The van der Waals surface area contributed by atoms with Crippen LogP contribution in [0.2, 0.25) is 0 Å². The number of hydrogen-bond donors (Lipinski definition) is 0. The van der Waals surface area contributed by atoms with Gasteiger partial charge in [-0.05, 0) is 31.7 Å². The fraction of sp³-hybridized carbons (Fsp3) is 0.562. The molecule has 1 atom stereocenters. The molecule has 2 aromatic rings. The molecule has 2 aliphatic heterocycles. The van der Waals surface area contributed by atoms with Gasteiger partial charge in [0.25, 0.3) is 0 Å². The average molecular weight is 296 g/mol. The number of aryl methyl sites for hydroxylation is 2. The molecular formula is C16H20N6. The third-order valence-corrected chi connectivity index (χ3v) is 4.70. The number of aromatic nitrogens is 4. The minimum atomic E-state index is 0.374. The van der Waals surface area contributed by atoms with E-state index in [-0.39, 0.29) is 0 Å². The maximum atomic E-state index is 8.90. The summed E-state index contributed by atoms with van der Waals surface area (Å²) >= 11 is 0. The monoisotopic (exact) mass is 296 g/mol. The maximum absolute atomic E-state index is 8.90. The largest absolute Gasteiger partial charge is 0.295 e. The van der Waals surface area contributed by atoms with Crippen molar-refractivity contribution in [3.63, 3.8) is 0 Å². The van der Waals surface area contributed by atoms with Crippen molar-refractivity contribution in [3.8, 4) is 6.07 Å². The number of fused-ring (bicyclic) bond motifs is 1. The van der Waals surface area contributed by atoms with Crippen LogP contribution in [0.15, 0.2) is 18.5 Å². The molecule has 6 nitrogen and oxygen atoms in total. The Kier molecular flexibility index (Phi) is 3.43. The zero-order valence-electron chi connectivity index (χ0n) is 12.6. The van der Waals surface area contributed by atoms with Gasteiger partial charge in [0.15, 0.2) is 0 Å². The molecule has 0 aliphatic carbocycles. The van der Waals surface area contributed by atoms with Gasteiger partial charge in [0, 0.05) is 38.1 Å². The van der Waals surface area contributed by atoms with E-state index in [1.165, 1.54) is 30.7 Å². The van der Waals surface area contributed by atoms with Crippen molar-refractivity contribution in [2.24, 2.45) is 0 Å². The van der Waals surface area contributed by atoms with Gasteiger partial charge in [-0.2, -0.15) is 15.5 Å². The molecule has 114 valence electrons. The molecular weight excluding hydrogens is 276 g/mol. The summed E-state index contributed by atoms with van der Waals surface area (Å²) in [6.07, 6.45) is 8.29. The van der Waals surface area contributed by atoms with Gasteiger partial charge in [0.1, 0.15) is 6.07 Å². The van der Waals surface area contributed by atoms with E-state index >= 15 is 0 Å². The summed E-state index contributed by atoms with van der Waals surface area (Å²) in [5.41, 5.74) is 3.22. The van der Waals surface area contributed by atoms with Crippen LogP contribution < -0.4 is 0 Å². The molecule has 0 radical (unpaired) electrons. The Bertz CT molecular complexity index is 683. The van der Waals surface area contributed by atoms with E-state index in [0.29, 0.717) is 11.6 Å². The first-order chi connectivity index (χ1) is 10.8. The van der Waals surface area contributed by atoms with Gasteiger partial charge >= 0.3 is 0 Å². The second-order valence-electron chi connectivity index (χ2n) is 6.31. The maximum Gasteiger partial charge on any atom is 0.102 e. The van der Waals surface area contributed by atoms with E-state index in [0.717, 1.165) is 32.6 Å². The van der Waals surface area contributed by atoms with Crippen LogP contribution in [0.25, 0.3) is 0 Å². The molecule has 22 heavy (non-hydrogen) atoms. The first-order valence-corrected chi connectivity index (χ1v) is 8.04. The zero-order chi connectivity index (χ0) is 14.9. The van der Waals surface area contributed by atoms with E-state index in [2.05, 4.69) is 26.8 Å². The molecule has 1 fully saturated rings. The van der Waals surface area contributed by atoms with Gasteiger partial charge in [0.05, 0.1) is 23.5 Å². The normalized spacial score (nSPS) is 21.7. The third-order valence-electron chi connectivity index (χ3n) is 4.70. The summed E-state index contributed by atoms with van der Waals surface area (Å²) in [7, 11) is 0. The van der Waals surface area contributed by atoms with Gasteiger partial charge in [-0.1, -0.05) is 0 Å². The topological polar surface area (TPSA) is 62.7 Å². The van der Waals surface area contributed by atoms with Crippen LogP contribution in [0.3, 0.4) is 0 Å². The highest BCUT2D eigenvalue weighted by atomic mass is 15.3. The molecule has 2 aromatic heterocycles. The molecule has 2 aliphatic rings. The fourth-order valence-electron chi connectivity index (χ4n) is 3.55. The van der Waals surface area contributed by atoms with E-state index in [9.17, 15) is 0 Å². The minimum Gasteiger partial charge on any atom is -0.295 e. The van der Waals surface area contributed by atoms with Crippen molar-refractivity contribution >= 4 is 0 Å². The van der Waals surface area contributed by atoms with Crippen molar-refractivity contribution in [2.75, 3.05) is 13.1 Å². The van der Waals surface area contributed by atoms with E-state index in [1.807, 2.05) is 10.9 Å². The molecule has 0 aromatic carbocycles. The number of nitriles is 1. The Morgan fingerprint density at radius 3 is 3.09 bits per heavy atom. The number of likely N-dealkylation sites (tertiary alicyclic amines) is 1. The highest BCUT2D eigenvalue weighted by molar-refractivity contribution is 5.22. The van der Waals surface area contributed by atoms with Crippen molar-refractivity contribution < 1.29 is 0 Å². The molecule has 0 N–H and O–H groups in total. The summed E-state index contributed by atoms with van der Waals surface area (Å²) in [5, 5.41) is 17.9. The van der Waals surface area contributed by atoms with Gasteiger partial charge in [-0.15, -0.1) is 0 Å². The number of hydrogen-bond acceptors (Lipinski definition) is 4. The lowest BCUT2D eigenvalue weighted by Gasteiger charge is -2.14. The molecule has 6 heteroatoms. The third kappa shape index (κ3) is 2.53. The zero-order valence-corrected chi connectivity index (χ0v) is 12.6. The first kappa shape index (κ1) is 13.5. The van der Waals surface area contributed by atoms with Crippen molar-refractivity contribution in [2.45, 2.75) is 44.8 Å². The number of rotatable bonds is 3. The second-order valence-corrected chi connectivity index (χ2v) is 6.31. The highest BCUT2D eigenvalue weighted by Crippen LogP contribution is 2.23. The average Bonchev–Trinajstić information content (AvgIpc) is 3.25. The summed E-state index contributed by atoms with van der Waals surface area (Å²) < 4.78 is 4.12. The van der Waals surface area contributed by atoms with Crippen LogP contribution in [0, 0.1) is 11.3 Å². The lowest BCUT2D eigenvalue weighted by Crippen LogP contribution is -2.21. The van der Waals surface area contributed by atoms with Gasteiger partial charge in [-0.3, -0.25) is 14.3 Å². The van der Waals surface area contributed by atoms with Crippen LogP contribution in [-0.4, -0.2) is 37.6 Å². The van der Waals surface area contributed by atoms with Crippen molar-refractivity contribution in [3.05, 3.63) is 35.4 Å². The highest BCUT2D eigenvalue weighted by Gasteiger charge is 2.25. The van der Waals surface area contributed by atoms with Crippen LogP contribution in [-0.2, 0) is 19.5 Å². The molecule has 1 saturated heterocycles. The predicted octanol–water partition coefficient (Wildman–Crippen LogP) is 1.73. The Balaban J connectivity index is 1.40. The first-order valence-electron chi connectivity index (χ1n) is 8.04. The van der Waals surface area contributed by atoms with Crippen LogP contribution in [0.5, 0.6) is 0 Å². The summed E-state index contributed by atoms with van der Waals surface area (Å²) in [5.74, 6) is 0. The number of nitrogens with zero attached hydrogens (tertiary/aromatic N) is 6. The Morgan fingerprint density at radius 1 is 1.32 bits per heavy atom. The van der Waals surface area contributed by atoms with Gasteiger partial charge < -0.3 is 0 Å². The second kappa shape index (κ2) is 5.58. The molecule has 0 amide bonds. The van der Waals surface area contributed by atoms with E-state index < -0.39 is 0 Å². The van der Waals surface area contributed by atoms with Crippen LogP contribution in [0.4, 0.5) is 0 Å². The SMILES string of the molecule is N#Cc1cnn(C2CCN(Cc3cc4n(n3)CCCC4)C2)c1. The quantitative estimate of drug-likeness (QED) is 0.865. The molecule has 1 unspecified atom stereocenters. The van der Waals surface area contributed by atoms with Crippen LogP contribution in [0.1, 0.15) is 42.3 Å². The Morgan fingerprint density at radius 2 is 2.27 bits per heavy atom. The summed E-state index contributed by atoms with van der Waals surface area (Å²) in [6, 6.07) is 4.79. The Hall–Kier alpha value is -2.13. The Labute approximate surface area is 129 Å². The van der Waals surface area contributed by atoms with Crippen molar-refractivity contribution in [1.82, 2.24) is 24.5 Å². The lowest BCUT2D eigenvalue weighted by molar-refractivity contribution is 0.306.